The van der Waals surface area contributed by atoms with Crippen LogP contribution in [0.25, 0.3) is 5.57 Å². The Labute approximate surface area is 106 Å². The summed E-state index contributed by atoms with van der Waals surface area (Å²) in [5, 5.41) is 0. The van der Waals surface area contributed by atoms with Crippen LogP contribution in [0.1, 0.15) is 12.5 Å². The summed E-state index contributed by atoms with van der Waals surface area (Å²) in [6.45, 7) is 5.79. The molecule has 0 aliphatic carbocycles. The molecule has 0 fully saturated rings. The first-order valence-corrected chi connectivity index (χ1v) is 3.45. The zero-order chi connectivity index (χ0) is 8.27. The second-order valence-corrected chi connectivity index (χ2v) is 2.43. The molecule has 1 nitrogen and oxygen atoms in total. The molecule has 1 aromatic rings. The van der Waals surface area contributed by atoms with E-state index < -0.39 is 0 Å². The molecule has 0 atom stereocenters. The van der Waals surface area contributed by atoms with Crippen LogP contribution in [0.2, 0.25) is 0 Å². The predicted molar refractivity (Wildman–Crippen MR) is 52.3 cm³/mol. The van der Waals surface area contributed by atoms with Gasteiger partial charge in [0.25, 0.3) is 0 Å². The Hall–Kier alpha value is 0.00623. The Morgan fingerprint density at radius 2 is 2.08 bits per heavy atom. The van der Waals surface area contributed by atoms with E-state index in [1.54, 1.807) is 7.11 Å². The predicted octanol–water partition coefficient (Wildman–Crippen LogP) is -0.848. The van der Waals surface area contributed by atoms with E-state index in [-0.39, 0.29) is 40.0 Å². The normalized spacial score (nSPS) is 7.85. The molecule has 0 aromatic heterocycles. The molecule has 66 valence electrons. The molecular weight excluding hydrogens is 240 g/mol. The molecule has 3 heteroatoms. The van der Waals surface area contributed by atoms with Crippen molar-refractivity contribution in [3.63, 3.8) is 0 Å². The average molecular weight is 251 g/mol. The summed E-state index contributed by atoms with van der Waals surface area (Å²) in [7, 11) is 1.63. The fraction of sp³-hybridized carbons (Fsp3) is 0.200. The number of allylic oxidation sites excluding steroid dienone is 1. The second-order valence-electron chi connectivity index (χ2n) is 2.43. The van der Waals surface area contributed by atoms with E-state index in [2.05, 4.69) is 12.6 Å². The Morgan fingerprint density at radius 3 is 2.38 bits per heavy atom. The van der Waals surface area contributed by atoms with Gasteiger partial charge in [0.1, 0.15) is 0 Å². The first-order valence-electron chi connectivity index (χ1n) is 3.45. The quantitative estimate of drug-likeness (QED) is 0.492. The number of rotatable bonds is 2. The van der Waals surface area contributed by atoms with Crippen LogP contribution in [0.4, 0.5) is 0 Å². The summed E-state index contributed by atoms with van der Waals surface area (Å²) in [5.41, 5.74) is 2.15. The summed E-state index contributed by atoms with van der Waals surface area (Å²) in [5.74, 6) is 0.759. The minimum atomic E-state index is 0. The van der Waals surface area contributed by atoms with Crippen molar-refractivity contribution in [2.24, 2.45) is 0 Å². The van der Waals surface area contributed by atoms with E-state index in [9.17, 15) is 0 Å². The molecule has 13 heavy (non-hydrogen) atoms. The van der Waals surface area contributed by atoms with E-state index >= 15 is 0 Å². The molecule has 0 bridgehead atoms. The van der Waals surface area contributed by atoms with Crippen molar-refractivity contribution < 1.29 is 21.7 Å². The molecule has 0 unspecified atom stereocenters. The standard InChI is InChI=1S/C10H11O.BrH.Mg/c1-8(2)9-4-6-10(11-3)7-5-9;;/h4-6H,1H2,2-3H3;1H;/q-1;;+2/p-1. The van der Waals surface area contributed by atoms with Crippen molar-refractivity contribution in [3.05, 3.63) is 36.4 Å². The Kier molecular flexibility index (Phi) is 8.83. The van der Waals surface area contributed by atoms with Crippen LogP contribution in [0.15, 0.2) is 24.8 Å². The number of methoxy groups -OCH3 is 1. The number of hydrogen-bond acceptors (Lipinski definition) is 1. The smallest absolute Gasteiger partial charge is 1.00 e. The summed E-state index contributed by atoms with van der Waals surface area (Å²) in [4.78, 5) is 0. The maximum atomic E-state index is 4.96. The Bertz CT molecular complexity index is 256. The summed E-state index contributed by atoms with van der Waals surface area (Å²) in [6, 6.07) is 8.71. The molecule has 0 radical (unpaired) electrons. The van der Waals surface area contributed by atoms with Gasteiger partial charge in [-0.3, -0.25) is 0 Å². The van der Waals surface area contributed by atoms with Gasteiger partial charge in [-0.15, -0.1) is 29.8 Å². The van der Waals surface area contributed by atoms with Gasteiger partial charge in [0.05, 0.1) is 7.11 Å². The van der Waals surface area contributed by atoms with Crippen molar-refractivity contribution in [2.45, 2.75) is 6.92 Å². The minimum Gasteiger partial charge on any atom is -1.00 e. The van der Waals surface area contributed by atoms with E-state index in [0.717, 1.165) is 16.9 Å². The Balaban J connectivity index is 0. The van der Waals surface area contributed by atoms with Gasteiger partial charge >= 0.3 is 23.1 Å². The van der Waals surface area contributed by atoms with Crippen molar-refractivity contribution in [2.75, 3.05) is 7.11 Å². The van der Waals surface area contributed by atoms with E-state index in [1.807, 2.05) is 25.1 Å². The third kappa shape index (κ3) is 4.69. The maximum Gasteiger partial charge on any atom is 2.00 e. The van der Waals surface area contributed by atoms with Gasteiger partial charge in [0.15, 0.2) is 0 Å². The maximum absolute atomic E-state index is 4.96. The van der Waals surface area contributed by atoms with Gasteiger partial charge in [0.2, 0.25) is 0 Å². The molecule has 0 aliphatic rings. The third-order valence-electron chi connectivity index (χ3n) is 1.50. The zero-order valence-corrected chi connectivity index (χ0v) is 10.9. The molecule has 0 aliphatic heterocycles. The van der Waals surface area contributed by atoms with Crippen LogP contribution >= 0.6 is 0 Å². The second kappa shape index (κ2) is 7.41. The molecular formula is C10H11BrMgO. The van der Waals surface area contributed by atoms with Gasteiger partial charge in [-0.25, -0.2) is 0 Å². The number of benzene rings is 1. The molecule has 0 N–H and O–H groups in total. The van der Waals surface area contributed by atoms with Gasteiger partial charge < -0.3 is 21.7 Å². The van der Waals surface area contributed by atoms with Crippen LogP contribution in [0.5, 0.6) is 5.75 Å². The van der Waals surface area contributed by atoms with Crippen molar-refractivity contribution in [1.82, 2.24) is 0 Å². The van der Waals surface area contributed by atoms with Crippen LogP contribution in [0.3, 0.4) is 0 Å². The van der Waals surface area contributed by atoms with E-state index in [4.69, 9.17) is 4.74 Å². The van der Waals surface area contributed by atoms with Gasteiger partial charge in [0, 0.05) is 5.75 Å². The third-order valence-corrected chi connectivity index (χ3v) is 1.50. The fourth-order valence-electron chi connectivity index (χ4n) is 0.803. The van der Waals surface area contributed by atoms with Gasteiger partial charge in [-0.05, 0) is 0 Å². The fourth-order valence-corrected chi connectivity index (χ4v) is 0.803. The number of ether oxygens (including phenoxy) is 1. The van der Waals surface area contributed by atoms with Gasteiger partial charge in [-0.1, -0.05) is 6.92 Å². The largest absolute Gasteiger partial charge is 2.00 e. The molecule has 0 saturated heterocycles. The first-order chi connectivity index (χ1) is 5.24. The van der Waals surface area contributed by atoms with E-state index in [1.165, 1.54) is 0 Å². The van der Waals surface area contributed by atoms with Crippen LogP contribution in [-0.4, -0.2) is 30.2 Å². The van der Waals surface area contributed by atoms with Crippen LogP contribution in [-0.2, 0) is 0 Å². The van der Waals surface area contributed by atoms with Crippen LogP contribution < -0.4 is 21.7 Å². The minimum absolute atomic E-state index is 0. The Morgan fingerprint density at radius 1 is 1.46 bits per heavy atom. The first kappa shape index (κ1) is 15.5. The summed E-state index contributed by atoms with van der Waals surface area (Å²) < 4.78 is 4.96. The van der Waals surface area contributed by atoms with Crippen molar-refractivity contribution >= 4 is 28.6 Å². The van der Waals surface area contributed by atoms with Gasteiger partial charge in [-0.2, -0.15) is 12.1 Å². The SMILES string of the molecule is C=C(C)c1c[c-]c(OC)cc1.[Br-].[Mg+2]. The molecule has 0 amide bonds. The zero-order valence-electron chi connectivity index (χ0n) is 7.93. The van der Waals surface area contributed by atoms with E-state index in [0.29, 0.717) is 0 Å². The molecule has 0 spiro atoms. The molecule has 0 saturated carbocycles. The topological polar surface area (TPSA) is 9.23 Å². The monoisotopic (exact) mass is 250 g/mol. The summed E-state index contributed by atoms with van der Waals surface area (Å²) in [6.07, 6.45) is 0. The molecule has 0 heterocycles. The van der Waals surface area contributed by atoms with Crippen molar-refractivity contribution in [3.8, 4) is 5.75 Å². The number of halogens is 1. The molecule has 1 aromatic carbocycles. The molecule has 1 rings (SSSR count). The average Bonchev–Trinajstić information content (AvgIpc) is 2.05. The summed E-state index contributed by atoms with van der Waals surface area (Å²) >= 11 is 0. The van der Waals surface area contributed by atoms with Crippen LogP contribution in [0, 0.1) is 6.07 Å². The number of hydrogen-bond donors (Lipinski definition) is 0. The van der Waals surface area contributed by atoms with Crippen molar-refractivity contribution in [1.29, 1.82) is 0 Å².